The maximum atomic E-state index is 11.8. The Morgan fingerprint density at radius 1 is 1.40 bits per heavy atom. The van der Waals surface area contributed by atoms with Gasteiger partial charge in [-0.15, -0.1) is 0 Å². The molecule has 0 amide bonds. The zero-order valence-corrected chi connectivity index (χ0v) is 11.8. The average molecular weight is 272 g/mol. The molecule has 0 spiro atoms. The number of ether oxygens (including phenoxy) is 2. The Morgan fingerprint density at radius 3 is 2.85 bits per heavy atom. The van der Waals surface area contributed by atoms with Crippen LogP contribution >= 0.6 is 0 Å². The molecule has 0 N–H and O–H groups in total. The molecule has 0 aromatic heterocycles. The Kier molecular flexibility index (Phi) is 2.71. The van der Waals surface area contributed by atoms with Crippen LogP contribution in [0, 0.1) is 0 Å². The van der Waals surface area contributed by atoms with Gasteiger partial charge in [0.2, 0.25) is 0 Å². The van der Waals surface area contributed by atoms with Gasteiger partial charge in [0.25, 0.3) is 0 Å². The second kappa shape index (κ2) is 4.20. The second-order valence-corrected chi connectivity index (χ2v) is 5.79. The fraction of sp³-hybridized carbons (Fsp3) is 0.375. The number of fused-ring (bicyclic) bond motifs is 2. The molecule has 3 rings (SSSR count). The quantitative estimate of drug-likeness (QED) is 0.777. The monoisotopic (exact) mass is 272 g/mol. The van der Waals surface area contributed by atoms with Gasteiger partial charge in [0.15, 0.2) is 0 Å². The highest BCUT2D eigenvalue weighted by molar-refractivity contribution is 5.96. The molecule has 0 fully saturated rings. The zero-order chi connectivity index (χ0) is 14.5. The van der Waals surface area contributed by atoms with E-state index in [1.54, 1.807) is 13.0 Å². The fourth-order valence-corrected chi connectivity index (χ4v) is 2.65. The first-order valence-electron chi connectivity index (χ1n) is 6.61. The Morgan fingerprint density at radius 2 is 2.15 bits per heavy atom. The highest BCUT2D eigenvalue weighted by Crippen LogP contribution is 2.39. The molecular weight excluding hydrogens is 256 g/mol. The number of Topliss-reactive ketones (excluding diaryl/α,β-unsaturated/α-hetero) is 1. The fourth-order valence-electron chi connectivity index (χ4n) is 2.65. The van der Waals surface area contributed by atoms with E-state index in [0.29, 0.717) is 11.3 Å². The summed E-state index contributed by atoms with van der Waals surface area (Å²) in [4.78, 5) is 23.3. The lowest BCUT2D eigenvalue weighted by Gasteiger charge is -2.29. The molecule has 4 nitrogen and oxygen atoms in total. The molecule has 2 heterocycles. The van der Waals surface area contributed by atoms with Gasteiger partial charge in [-0.25, -0.2) is 4.79 Å². The van der Waals surface area contributed by atoms with Crippen LogP contribution in [-0.2, 0) is 22.6 Å². The van der Waals surface area contributed by atoms with Crippen molar-refractivity contribution in [1.82, 2.24) is 0 Å². The van der Waals surface area contributed by atoms with Crippen LogP contribution in [0.1, 0.15) is 47.8 Å². The molecule has 4 heteroatoms. The average Bonchev–Trinajstić information content (AvgIpc) is 2.69. The maximum Gasteiger partial charge on any atom is 0.339 e. The van der Waals surface area contributed by atoms with Crippen LogP contribution in [-0.4, -0.2) is 17.4 Å². The predicted octanol–water partition coefficient (Wildman–Crippen LogP) is 2.67. The van der Waals surface area contributed by atoms with E-state index in [0.717, 1.165) is 16.7 Å². The predicted molar refractivity (Wildman–Crippen MR) is 73.7 cm³/mol. The lowest BCUT2D eigenvalue weighted by molar-refractivity contribution is -0.116. The van der Waals surface area contributed by atoms with E-state index in [1.165, 1.54) is 0 Å². The molecule has 0 aliphatic carbocycles. The zero-order valence-electron chi connectivity index (χ0n) is 11.8. The number of cyclic esters (lactones) is 1. The summed E-state index contributed by atoms with van der Waals surface area (Å²) >= 11 is 0. The Balaban J connectivity index is 2.22. The van der Waals surface area contributed by atoms with E-state index in [2.05, 4.69) is 0 Å². The molecular formula is C16H16O4. The van der Waals surface area contributed by atoms with Crippen molar-refractivity contribution in [3.63, 3.8) is 0 Å². The minimum Gasteiger partial charge on any atom is -0.483 e. The summed E-state index contributed by atoms with van der Waals surface area (Å²) < 4.78 is 11.0. The Labute approximate surface area is 117 Å². The van der Waals surface area contributed by atoms with E-state index in [4.69, 9.17) is 9.47 Å². The minimum absolute atomic E-state index is 0.0539. The van der Waals surface area contributed by atoms with Crippen molar-refractivity contribution in [2.75, 3.05) is 0 Å². The number of ketones is 1. The smallest absolute Gasteiger partial charge is 0.339 e. The van der Waals surface area contributed by atoms with Gasteiger partial charge in [0, 0.05) is 17.5 Å². The van der Waals surface area contributed by atoms with Crippen LogP contribution in [0.3, 0.4) is 0 Å². The number of esters is 1. The summed E-state index contributed by atoms with van der Waals surface area (Å²) in [7, 11) is 0. The normalized spacial score (nSPS) is 18.1. The van der Waals surface area contributed by atoms with Gasteiger partial charge in [-0.05, 0) is 38.5 Å². The molecule has 0 atom stereocenters. The molecule has 0 saturated heterocycles. The topological polar surface area (TPSA) is 52.6 Å². The van der Waals surface area contributed by atoms with Crippen molar-refractivity contribution in [3.05, 3.63) is 34.4 Å². The number of hydrogen-bond donors (Lipinski definition) is 0. The molecule has 0 bridgehead atoms. The van der Waals surface area contributed by atoms with Crippen LogP contribution in [0.15, 0.2) is 12.1 Å². The summed E-state index contributed by atoms with van der Waals surface area (Å²) in [5, 5.41) is 0. The third kappa shape index (κ3) is 2.01. The van der Waals surface area contributed by atoms with Gasteiger partial charge < -0.3 is 9.47 Å². The number of carbonyl (C=O) groups excluding carboxylic acids is 2. The highest BCUT2D eigenvalue weighted by Gasteiger charge is 2.31. The van der Waals surface area contributed by atoms with E-state index in [-0.39, 0.29) is 24.8 Å². The van der Waals surface area contributed by atoms with Crippen molar-refractivity contribution in [1.29, 1.82) is 0 Å². The molecule has 0 radical (unpaired) electrons. The Hall–Kier alpha value is -2.10. The summed E-state index contributed by atoms with van der Waals surface area (Å²) in [6.07, 6.45) is 4.22. The van der Waals surface area contributed by atoms with Gasteiger partial charge in [-0.3, -0.25) is 4.79 Å². The minimum atomic E-state index is -0.419. The standard InChI is InChI=1S/C16H16O4/c1-9(17)6-11-10-4-5-16(2,3)20-14(10)7-12-13(11)8-19-15(12)18/h4-5,7H,6,8H2,1-3H3. The number of carbonyl (C=O) groups is 2. The number of hydrogen-bond acceptors (Lipinski definition) is 4. The second-order valence-electron chi connectivity index (χ2n) is 5.79. The van der Waals surface area contributed by atoms with Gasteiger partial charge >= 0.3 is 5.97 Å². The molecule has 2 aliphatic rings. The number of rotatable bonds is 2. The van der Waals surface area contributed by atoms with Gasteiger partial charge in [-0.1, -0.05) is 6.08 Å². The first-order valence-corrected chi connectivity index (χ1v) is 6.61. The molecule has 0 saturated carbocycles. The summed E-state index contributed by atoms with van der Waals surface area (Å²) in [5.41, 5.74) is 2.65. The van der Waals surface area contributed by atoms with Crippen molar-refractivity contribution in [3.8, 4) is 5.75 Å². The lowest BCUT2D eigenvalue weighted by atomic mass is 9.90. The largest absolute Gasteiger partial charge is 0.483 e. The van der Waals surface area contributed by atoms with Crippen molar-refractivity contribution >= 4 is 17.8 Å². The number of benzene rings is 1. The van der Waals surface area contributed by atoms with Crippen LogP contribution in [0.4, 0.5) is 0 Å². The van der Waals surface area contributed by atoms with Crippen LogP contribution in [0.25, 0.3) is 6.08 Å². The van der Waals surface area contributed by atoms with Crippen molar-refractivity contribution < 1.29 is 19.1 Å². The summed E-state index contributed by atoms with van der Waals surface area (Å²) in [6, 6.07) is 1.73. The lowest BCUT2D eigenvalue weighted by Crippen LogP contribution is -2.28. The molecule has 0 unspecified atom stereocenters. The third-order valence-electron chi connectivity index (χ3n) is 3.57. The highest BCUT2D eigenvalue weighted by atomic mass is 16.5. The van der Waals surface area contributed by atoms with E-state index >= 15 is 0 Å². The van der Waals surface area contributed by atoms with Gasteiger partial charge in [0.05, 0.1) is 5.56 Å². The third-order valence-corrected chi connectivity index (χ3v) is 3.57. The van der Waals surface area contributed by atoms with E-state index < -0.39 is 5.60 Å². The van der Waals surface area contributed by atoms with Crippen LogP contribution in [0.2, 0.25) is 0 Å². The van der Waals surface area contributed by atoms with Crippen LogP contribution < -0.4 is 4.74 Å². The Bertz CT molecular complexity index is 653. The summed E-state index contributed by atoms with van der Waals surface area (Å²) in [6.45, 7) is 5.67. The molecule has 104 valence electrons. The first kappa shape index (κ1) is 12.9. The van der Waals surface area contributed by atoms with Gasteiger partial charge in [0.1, 0.15) is 23.7 Å². The van der Waals surface area contributed by atoms with E-state index in [9.17, 15) is 9.59 Å². The summed E-state index contributed by atoms with van der Waals surface area (Å²) in [5.74, 6) is 0.355. The van der Waals surface area contributed by atoms with E-state index in [1.807, 2.05) is 26.0 Å². The van der Waals surface area contributed by atoms with Crippen molar-refractivity contribution in [2.24, 2.45) is 0 Å². The molecule has 1 aromatic rings. The molecule has 1 aromatic carbocycles. The van der Waals surface area contributed by atoms with Crippen LogP contribution in [0.5, 0.6) is 5.75 Å². The molecule has 2 aliphatic heterocycles. The molecule has 20 heavy (non-hydrogen) atoms. The SMILES string of the molecule is CC(=O)Cc1c2c(cc3c1COC3=O)OC(C)(C)C=C2. The first-order chi connectivity index (χ1) is 9.37. The maximum absolute atomic E-state index is 11.8. The van der Waals surface area contributed by atoms with Crippen molar-refractivity contribution in [2.45, 2.75) is 39.4 Å². The van der Waals surface area contributed by atoms with Gasteiger partial charge in [-0.2, -0.15) is 0 Å².